The van der Waals surface area contributed by atoms with E-state index in [9.17, 15) is 4.79 Å². The van der Waals surface area contributed by atoms with Crippen LogP contribution in [0.5, 0.6) is 0 Å². The fraction of sp³-hybridized carbons (Fsp3) is 0.625. The Morgan fingerprint density at radius 3 is 2.86 bits per heavy atom. The molecule has 6 heteroatoms. The highest BCUT2D eigenvalue weighted by Crippen LogP contribution is 2.15. The molecular formula is C16H26N4OS. The second kappa shape index (κ2) is 7.63. The van der Waals surface area contributed by atoms with Gasteiger partial charge in [-0.1, -0.05) is 13.8 Å². The van der Waals surface area contributed by atoms with Crippen LogP contribution in [0.1, 0.15) is 30.0 Å². The minimum absolute atomic E-state index is 0.0678. The third kappa shape index (κ3) is 4.47. The van der Waals surface area contributed by atoms with Gasteiger partial charge in [0.15, 0.2) is 5.96 Å². The van der Waals surface area contributed by atoms with E-state index in [1.54, 1.807) is 18.4 Å². The predicted octanol–water partition coefficient (Wildman–Crippen LogP) is 1.98. The Kier molecular flexibility index (Phi) is 5.83. The molecule has 0 aliphatic carbocycles. The largest absolute Gasteiger partial charge is 0.352 e. The summed E-state index contributed by atoms with van der Waals surface area (Å²) in [5.41, 5.74) is 0. The highest BCUT2D eigenvalue weighted by Gasteiger charge is 2.27. The van der Waals surface area contributed by atoms with E-state index in [1.807, 2.05) is 18.7 Å². The lowest BCUT2D eigenvalue weighted by Crippen LogP contribution is -2.45. The minimum atomic E-state index is 0.0678. The lowest BCUT2D eigenvalue weighted by Gasteiger charge is -2.20. The van der Waals surface area contributed by atoms with Crippen LogP contribution in [-0.4, -0.2) is 42.9 Å². The van der Waals surface area contributed by atoms with Crippen molar-refractivity contribution in [3.63, 3.8) is 0 Å². The van der Waals surface area contributed by atoms with Crippen LogP contribution in [0.2, 0.25) is 0 Å². The second-order valence-corrected chi connectivity index (χ2v) is 7.38. The van der Waals surface area contributed by atoms with E-state index in [2.05, 4.69) is 34.7 Å². The van der Waals surface area contributed by atoms with Crippen LogP contribution < -0.4 is 10.6 Å². The number of guanidine groups is 1. The van der Waals surface area contributed by atoms with Crippen molar-refractivity contribution in [3.05, 3.63) is 21.9 Å². The molecule has 1 unspecified atom stereocenters. The maximum absolute atomic E-state index is 12.0. The van der Waals surface area contributed by atoms with E-state index in [-0.39, 0.29) is 17.9 Å². The first-order valence-corrected chi connectivity index (χ1v) is 8.62. The number of hydrogen-bond donors (Lipinski definition) is 2. The smallest absolute Gasteiger partial charge is 0.225 e. The molecule has 5 nitrogen and oxygen atoms in total. The summed E-state index contributed by atoms with van der Waals surface area (Å²) >= 11 is 1.79. The third-order valence-corrected chi connectivity index (χ3v) is 4.79. The van der Waals surface area contributed by atoms with Crippen LogP contribution in [0.25, 0.3) is 0 Å². The lowest BCUT2D eigenvalue weighted by atomic mass is 10.2. The predicted molar refractivity (Wildman–Crippen MR) is 92.2 cm³/mol. The Bertz CT molecular complexity index is 538. The van der Waals surface area contributed by atoms with Crippen LogP contribution in [0.3, 0.4) is 0 Å². The van der Waals surface area contributed by atoms with Crippen LogP contribution in [0.15, 0.2) is 17.1 Å². The molecule has 1 fully saturated rings. The Morgan fingerprint density at radius 2 is 2.27 bits per heavy atom. The first kappa shape index (κ1) is 16.8. The summed E-state index contributed by atoms with van der Waals surface area (Å²) < 4.78 is 0. The fourth-order valence-corrected chi connectivity index (χ4v) is 3.41. The van der Waals surface area contributed by atoms with Gasteiger partial charge in [-0.15, -0.1) is 11.3 Å². The molecule has 1 atom stereocenters. The van der Waals surface area contributed by atoms with E-state index in [4.69, 9.17) is 0 Å². The number of thiophene rings is 1. The maximum Gasteiger partial charge on any atom is 0.225 e. The molecule has 2 N–H and O–H groups in total. The Morgan fingerprint density at radius 1 is 1.50 bits per heavy atom. The van der Waals surface area contributed by atoms with Crippen LogP contribution in [0.4, 0.5) is 0 Å². The monoisotopic (exact) mass is 322 g/mol. The molecule has 0 radical (unpaired) electrons. The molecule has 2 rings (SSSR count). The van der Waals surface area contributed by atoms with Crippen molar-refractivity contribution in [3.8, 4) is 0 Å². The van der Waals surface area contributed by atoms with E-state index in [1.165, 1.54) is 9.75 Å². The van der Waals surface area contributed by atoms with Gasteiger partial charge in [0.25, 0.3) is 0 Å². The van der Waals surface area contributed by atoms with Gasteiger partial charge < -0.3 is 15.5 Å². The van der Waals surface area contributed by atoms with Crippen LogP contribution in [-0.2, 0) is 11.3 Å². The van der Waals surface area contributed by atoms with Crippen molar-refractivity contribution >= 4 is 23.2 Å². The Hall–Kier alpha value is -1.56. The van der Waals surface area contributed by atoms with Gasteiger partial charge in [-0.3, -0.25) is 9.79 Å². The molecule has 1 aromatic rings. The van der Waals surface area contributed by atoms with Gasteiger partial charge in [0.1, 0.15) is 0 Å². The zero-order chi connectivity index (χ0) is 16.1. The molecule has 0 saturated carbocycles. The van der Waals surface area contributed by atoms with Gasteiger partial charge in [-0.25, -0.2) is 0 Å². The van der Waals surface area contributed by atoms with Gasteiger partial charge in [0.05, 0.1) is 6.54 Å². The number of aliphatic imine (C=N–C) groups is 1. The van der Waals surface area contributed by atoms with Gasteiger partial charge in [0, 0.05) is 41.9 Å². The second-order valence-electron chi connectivity index (χ2n) is 6.01. The van der Waals surface area contributed by atoms with Gasteiger partial charge >= 0.3 is 0 Å². The average molecular weight is 322 g/mol. The molecule has 1 saturated heterocycles. The summed E-state index contributed by atoms with van der Waals surface area (Å²) in [4.78, 5) is 20.8. The summed E-state index contributed by atoms with van der Waals surface area (Å²) in [5, 5.41) is 6.75. The normalized spacial score (nSPS) is 18.9. The lowest BCUT2D eigenvalue weighted by molar-refractivity contribution is -0.133. The number of nitrogens with one attached hydrogen (secondary N) is 2. The number of rotatable bonds is 4. The number of carbonyl (C=O) groups is 1. The van der Waals surface area contributed by atoms with Crippen LogP contribution in [0, 0.1) is 12.8 Å². The maximum atomic E-state index is 12.0. The molecule has 1 aliphatic rings. The van der Waals surface area contributed by atoms with Crippen molar-refractivity contribution in [2.24, 2.45) is 10.9 Å². The molecule has 0 spiro atoms. The zero-order valence-electron chi connectivity index (χ0n) is 13.8. The van der Waals surface area contributed by atoms with Crippen molar-refractivity contribution in [2.45, 2.75) is 39.8 Å². The molecular weight excluding hydrogens is 296 g/mol. The summed E-state index contributed by atoms with van der Waals surface area (Å²) in [6.45, 7) is 8.38. The molecule has 122 valence electrons. The third-order valence-electron chi connectivity index (χ3n) is 3.78. The topological polar surface area (TPSA) is 56.7 Å². The number of nitrogens with zero attached hydrogens (tertiary/aromatic N) is 2. The molecule has 0 bridgehead atoms. The van der Waals surface area contributed by atoms with Crippen molar-refractivity contribution in [1.82, 2.24) is 15.5 Å². The van der Waals surface area contributed by atoms with E-state index >= 15 is 0 Å². The molecule has 22 heavy (non-hydrogen) atoms. The standard InChI is InChI=1S/C16H26N4OS/c1-11(2)15(21)20-8-7-13(10-20)19-16(17-4)18-9-14-6-5-12(3)22-14/h5-6,11,13H,7-10H2,1-4H3,(H2,17,18,19). The molecule has 1 amide bonds. The summed E-state index contributed by atoms with van der Waals surface area (Å²) in [6, 6.07) is 4.54. The van der Waals surface area contributed by atoms with Crippen molar-refractivity contribution in [2.75, 3.05) is 20.1 Å². The van der Waals surface area contributed by atoms with Crippen molar-refractivity contribution in [1.29, 1.82) is 0 Å². The molecule has 0 aromatic carbocycles. The van der Waals surface area contributed by atoms with E-state index in [0.717, 1.165) is 32.0 Å². The zero-order valence-corrected chi connectivity index (χ0v) is 14.7. The first-order chi connectivity index (χ1) is 10.5. The number of carbonyl (C=O) groups excluding carboxylic acids is 1. The number of likely N-dealkylation sites (tertiary alicyclic amines) is 1. The number of amides is 1. The quantitative estimate of drug-likeness (QED) is 0.658. The summed E-state index contributed by atoms with van der Waals surface area (Å²) in [6.07, 6.45) is 0.970. The summed E-state index contributed by atoms with van der Waals surface area (Å²) in [7, 11) is 1.78. The number of hydrogen-bond acceptors (Lipinski definition) is 3. The number of aryl methyl sites for hydroxylation is 1. The molecule has 1 aromatic heterocycles. The van der Waals surface area contributed by atoms with Gasteiger partial charge in [-0.2, -0.15) is 0 Å². The first-order valence-electron chi connectivity index (χ1n) is 7.81. The Balaban J connectivity index is 1.80. The van der Waals surface area contributed by atoms with Crippen LogP contribution >= 0.6 is 11.3 Å². The van der Waals surface area contributed by atoms with E-state index in [0.29, 0.717) is 0 Å². The van der Waals surface area contributed by atoms with Gasteiger partial charge in [0.2, 0.25) is 5.91 Å². The van der Waals surface area contributed by atoms with Gasteiger partial charge in [-0.05, 0) is 25.5 Å². The average Bonchev–Trinajstić information content (AvgIpc) is 3.11. The molecule has 2 heterocycles. The van der Waals surface area contributed by atoms with E-state index < -0.39 is 0 Å². The highest BCUT2D eigenvalue weighted by molar-refractivity contribution is 7.11. The fourth-order valence-electron chi connectivity index (χ4n) is 2.58. The Labute approximate surface area is 136 Å². The summed E-state index contributed by atoms with van der Waals surface area (Å²) in [5.74, 6) is 1.11. The highest BCUT2D eigenvalue weighted by atomic mass is 32.1. The SMILES string of the molecule is CN=C(NCc1ccc(C)s1)NC1CCN(C(=O)C(C)C)C1. The molecule has 1 aliphatic heterocycles. The minimum Gasteiger partial charge on any atom is -0.352 e. The van der Waals surface area contributed by atoms with Crippen molar-refractivity contribution < 1.29 is 4.79 Å².